The van der Waals surface area contributed by atoms with Gasteiger partial charge in [-0.1, -0.05) is 93.6 Å². The molecule has 0 N–H and O–H groups in total. The van der Waals surface area contributed by atoms with E-state index in [-0.39, 0.29) is 23.5 Å². The number of hydrogen-bond donors (Lipinski definition) is 0. The van der Waals surface area contributed by atoms with E-state index < -0.39 is 8.32 Å². The third-order valence-electron chi connectivity index (χ3n) is 7.94. The lowest BCUT2D eigenvalue weighted by molar-refractivity contribution is -0.156. The molecule has 4 rings (SSSR count). The molecule has 1 unspecified atom stereocenters. The van der Waals surface area contributed by atoms with E-state index in [0.29, 0.717) is 6.61 Å². The Hall–Kier alpha value is -2.02. The zero-order chi connectivity index (χ0) is 27.7. The summed E-state index contributed by atoms with van der Waals surface area (Å²) in [7, 11) is -2.47. The molecule has 39 heavy (non-hydrogen) atoms. The molecule has 0 amide bonds. The minimum atomic E-state index is -2.47. The molecule has 1 fully saturated rings. The summed E-state index contributed by atoms with van der Waals surface area (Å²) in [5.74, 6) is 0. The Bertz CT molecular complexity index is 1030. The lowest BCUT2D eigenvalue weighted by Gasteiger charge is -2.43. The fourth-order valence-electron chi connectivity index (χ4n) is 5.90. The van der Waals surface area contributed by atoms with Crippen molar-refractivity contribution in [3.05, 3.63) is 84.0 Å². The summed E-state index contributed by atoms with van der Waals surface area (Å²) in [6, 6.07) is 21.8. The van der Waals surface area contributed by atoms with Crippen molar-refractivity contribution in [1.29, 1.82) is 0 Å². The summed E-state index contributed by atoms with van der Waals surface area (Å²) in [6.45, 7) is 13.5. The Morgan fingerprint density at radius 1 is 0.974 bits per heavy atom. The van der Waals surface area contributed by atoms with E-state index in [2.05, 4.69) is 107 Å². The van der Waals surface area contributed by atoms with Crippen molar-refractivity contribution in [2.75, 3.05) is 19.8 Å². The summed E-state index contributed by atoms with van der Waals surface area (Å²) in [4.78, 5) is 0. The molecule has 212 valence electrons. The summed E-state index contributed by atoms with van der Waals surface area (Å²) in [5, 5.41) is 2.68. The second kappa shape index (κ2) is 14.0. The topological polar surface area (TPSA) is 36.9 Å². The van der Waals surface area contributed by atoms with Gasteiger partial charge >= 0.3 is 0 Å². The van der Waals surface area contributed by atoms with Gasteiger partial charge in [-0.15, -0.1) is 0 Å². The molecule has 2 aromatic carbocycles. The molecule has 0 spiro atoms. The van der Waals surface area contributed by atoms with Crippen LogP contribution in [-0.2, 0) is 18.6 Å². The number of ether oxygens (including phenoxy) is 3. The standard InChI is InChI=1S/C34H48O4Si/c1-27(26-36-33-21-13-14-22-35-33)24-29-25-28(2)32(38-29)20-12-15-23-37-39(34(3,4)5,30-16-8-6-9-17-30)31-18-10-7-11-19-31/h6-11,16-19,24-25,29,32-33H,12-15,20-23,26H2,1-5H3/b27-24+/t29-,32+,33?/m0/s1. The van der Waals surface area contributed by atoms with Crippen LogP contribution in [0.2, 0.25) is 5.04 Å². The van der Waals surface area contributed by atoms with Gasteiger partial charge in [0.1, 0.15) is 0 Å². The molecule has 0 aliphatic carbocycles. The summed E-state index contributed by atoms with van der Waals surface area (Å²) in [5.41, 5.74) is 2.52. The highest BCUT2D eigenvalue weighted by molar-refractivity contribution is 6.99. The molecule has 2 aliphatic heterocycles. The summed E-state index contributed by atoms with van der Waals surface area (Å²) >= 11 is 0. The molecule has 0 aromatic heterocycles. The molecule has 0 bridgehead atoms. The van der Waals surface area contributed by atoms with E-state index in [1.807, 2.05) is 0 Å². The first-order chi connectivity index (χ1) is 18.8. The van der Waals surface area contributed by atoms with Crippen LogP contribution >= 0.6 is 0 Å². The van der Waals surface area contributed by atoms with Crippen LogP contribution in [0.25, 0.3) is 0 Å². The van der Waals surface area contributed by atoms with Crippen LogP contribution in [0.5, 0.6) is 0 Å². The van der Waals surface area contributed by atoms with E-state index in [1.54, 1.807) is 0 Å². The van der Waals surface area contributed by atoms with Gasteiger partial charge in [-0.05, 0) is 78.9 Å². The third-order valence-corrected chi connectivity index (χ3v) is 13.0. The Morgan fingerprint density at radius 2 is 1.64 bits per heavy atom. The zero-order valence-electron chi connectivity index (χ0n) is 24.7. The number of rotatable bonds is 12. The van der Waals surface area contributed by atoms with Crippen LogP contribution in [-0.4, -0.2) is 46.6 Å². The molecule has 0 saturated carbocycles. The minimum absolute atomic E-state index is 0.00777. The highest BCUT2D eigenvalue weighted by atomic mass is 28.4. The van der Waals surface area contributed by atoms with Crippen molar-refractivity contribution in [3.63, 3.8) is 0 Å². The van der Waals surface area contributed by atoms with Crippen LogP contribution in [0.15, 0.2) is 84.0 Å². The molecular formula is C34H48O4Si. The fourth-order valence-corrected chi connectivity index (χ4v) is 10.5. The molecule has 1 saturated heterocycles. The van der Waals surface area contributed by atoms with Gasteiger partial charge in [0.2, 0.25) is 0 Å². The van der Waals surface area contributed by atoms with E-state index in [1.165, 1.54) is 27.9 Å². The average molecular weight is 549 g/mol. The maximum Gasteiger partial charge on any atom is 0.261 e. The van der Waals surface area contributed by atoms with Crippen molar-refractivity contribution in [2.45, 2.75) is 96.7 Å². The van der Waals surface area contributed by atoms with Gasteiger partial charge in [0.15, 0.2) is 6.29 Å². The normalized spacial score (nSPS) is 22.6. The molecule has 2 aliphatic rings. The van der Waals surface area contributed by atoms with Crippen LogP contribution in [0.1, 0.15) is 73.1 Å². The van der Waals surface area contributed by atoms with Gasteiger partial charge in [-0.2, -0.15) is 0 Å². The van der Waals surface area contributed by atoms with Crippen molar-refractivity contribution in [3.8, 4) is 0 Å². The first kappa shape index (κ1) is 29.9. The Kier molecular flexibility index (Phi) is 10.8. The van der Waals surface area contributed by atoms with Crippen molar-refractivity contribution < 1.29 is 18.6 Å². The molecule has 5 heteroatoms. The van der Waals surface area contributed by atoms with Gasteiger partial charge in [0.25, 0.3) is 8.32 Å². The largest absolute Gasteiger partial charge is 0.407 e. The van der Waals surface area contributed by atoms with E-state index in [0.717, 1.165) is 45.3 Å². The molecule has 4 nitrogen and oxygen atoms in total. The summed E-state index contributed by atoms with van der Waals surface area (Å²) in [6.07, 6.45) is 11.0. The Morgan fingerprint density at radius 3 is 2.23 bits per heavy atom. The van der Waals surface area contributed by atoms with Crippen molar-refractivity contribution in [1.82, 2.24) is 0 Å². The SMILES string of the molecule is CC1=C[C@H](/C=C(\C)COC2CCCCO2)O[C@@H]1CCCCO[Si](c1ccccc1)(c1ccccc1)C(C)(C)C. The zero-order valence-corrected chi connectivity index (χ0v) is 25.7. The van der Waals surface area contributed by atoms with Crippen molar-refractivity contribution in [2.24, 2.45) is 0 Å². The highest BCUT2D eigenvalue weighted by Gasteiger charge is 2.49. The Labute approximate surface area is 237 Å². The average Bonchev–Trinajstić information content (AvgIpc) is 3.28. The number of hydrogen-bond acceptors (Lipinski definition) is 4. The van der Waals surface area contributed by atoms with Gasteiger partial charge in [0.05, 0.1) is 18.8 Å². The second-order valence-corrected chi connectivity index (χ2v) is 16.4. The first-order valence-corrected chi connectivity index (χ1v) is 16.7. The number of benzene rings is 2. The van der Waals surface area contributed by atoms with E-state index in [9.17, 15) is 0 Å². The fraction of sp³-hybridized carbons (Fsp3) is 0.529. The quantitative estimate of drug-likeness (QED) is 0.164. The summed E-state index contributed by atoms with van der Waals surface area (Å²) < 4.78 is 25.1. The van der Waals surface area contributed by atoms with Gasteiger partial charge in [-0.3, -0.25) is 0 Å². The maximum absolute atomic E-state index is 7.06. The van der Waals surface area contributed by atoms with Crippen LogP contribution in [0, 0.1) is 0 Å². The third kappa shape index (κ3) is 7.80. The molecule has 2 heterocycles. The molecular weight excluding hydrogens is 500 g/mol. The first-order valence-electron chi connectivity index (χ1n) is 14.8. The van der Waals surface area contributed by atoms with Crippen molar-refractivity contribution >= 4 is 18.7 Å². The number of unbranched alkanes of at least 4 members (excludes halogenated alkanes) is 1. The second-order valence-electron chi connectivity index (χ2n) is 12.1. The van der Waals surface area contributed by atoms with Crippen LogP contribution in [0.4, 0.5) is 0 Å². The predicted molar refractivity (Wildman–Crippen MR) is 163 cm³/mol. The molecule has 0 radical (unpaired) electrons. The lowest BCUT2D eigenvalue weighted by atomic mass is 10.1. The minimum Gasteiger partial charge on any atom is -0.407 e. The predicted octanol–water partition coefficient (Wildman–Crippen LogP) is 6.94. The molecule has 2 aromatic rings. The van der Waals surface area contributed by atoms with E-state index in [4.69, 9.17) is 18.6 Å². The van der Waals surface area contributed by atoms with Crippen LogP contribution < -0.4 is 10.4 Å². The Balaban J connectivity index is 1.30. The maximum atomic E-state index is 7.06. The lowest BCUT2D eigenvalue weighted by Crippen LogP contribution is -2.66. The highest BCUT2D eigenvalue weighted by Crippen LogP contribution is 2.37. The van der Waals surface area contributed by atoms with Crippen LogP contribution in [0.3, 0.4) is 0 Å². The van der Waals surface area contributed by atoms with Gasteiger partial charge in [-0.25, -0.2) is 0 Å². The molecule has 3 atom stereocenters. The monoisotopic (exact) mass is 548 g/mol. The van der Waals surface area contributed by atoms with E-state index >= 15 is 0 Å². The van der Waals surface area contributed by atoms with Gasteiger partial charge in [0, 0.05) is 13.2 Å². The van der Waals surface area contributed by atoms with Gasteiger partial charge < -0.3 is 18.6 Å². The smallest absolute Gasteiger partial charge is 0.261 e.